The zero-order valence-corrected chi connectivity index (χ0v) is 8.95. The van der Waals surface area contributed by atoms with Crippen LogP contribution in [0, 0.1) is 17.5 Å². The SMILES string of the molecule is CCS(=N)(=O)Nc1cc(F)ccc1C. The number of nitrogens with one attached hydrogen (secondary N) is 2. The van der Waals surface area contributed by atoms with Crippen molar-refractivity contribution < 1.29 is 8.60 Å². The summed E-state index contributed by atoms with van der Waals surface area (Å²) in [6.45, 7) is 3.42. The molecule has 0 saturated carbocycles. The minimum Gasteiger partial charge on any atom is -0.299 e. The Labute approximate surface area is 83.4 Å². The molecule has 0 saturated heterocycles. The molecule has 1 rings (SSSR count). The maximum absolute atomic E-state index is 12.8. The van der Waals surface area contributed by atoms with Crippen LogP contribution in [0.4, 0.5) is 10.1 Å². The highest BCUT2D eigenvalue weighted by Crippen LogP contribution is 2.17. The first kappa shape index (κ1) is 11.0. The summed E-state index contributed by atoms with van der Waals surface area (Å²) in [5.41, 5.74) is 1.20. The third-order valence-corrected chi connectivity index (χ3v) is 3.24. The third-order valence-electron chi connectivity index (χ3n) is 1.88. The zero-order valence-electron chi connectivity index (χ0n) is 8.13. The number of hydrogen-bond donors (Lipinski definition) is 2. The lowest BCUT2D eigenvalue weighted by atomic mass is 10.2. The lowest BCUT2D eigenvalue weighted by Crippen LogP contribution is -2.13. The molecule has 0 heterocycles. The Kier molecular flexibility index (Phi) is 3.10. The van der Waals surface area contributed by atoms with Gasteiger partial charge in [0.15, 0.2) is 0 Å². The average Bonchev–Trinajstić information content (AvgIpc) is 2.11. The maximum Gasteiger partial charge on any atom is 0.126 e. The fraction of sp³-hybridized carbons (Fsp3) is 0.333. The molecule has 0 fully saturated rings. The number of rotatable bonds is 3. The predicted molar refractivity (Wildman–Crippen MR) is 56.2 cm³/mol. The highest BCUT2D eigenvalue weighted by atomic mass is 32.2. The van der Waals surface area contributed by atoms with Crippen molar-refractivity contribution in [2.24, 2.45) is 0 Å². The second-order valence-corrected chi connectivity index (χ2v) is 5.16. The molecule has 3 nitrogen and oxygen atoms in total. The summed E-state index contributed by atoms with van der Waals surface area (Å²) in [7, 11) is -2.83. The molecule has 0 amide bonds. The topological polar surface area (TPSA) is 53.0 Å². The van der Waals surface area contributed by atoms with Crippen molar-refractivity contribution in [1.29, 1.82) is 4.78 Å². The molecule has 0 aromatic heterocycles. The molecular weight excluding hydrogens is 203 g/mol. The predicted octanol–water partition coefficient (Wildman–Crippen LogP) is 2.53. The molecule has 5 heteroatoms. The van der Waals surface area contributed by atoms with E-state index in [0.717, 1.165) is 5.56 Å². The molecule has 78 valence electrons. The van der Waals surface area contributed by atoms with Gasteiger partial charge in [0.1, 0.15) is 15.7 Å². The van der Waals surface area contributed by atoms with E-state index in [1.165, 1.54) is 12.1 Å². The Hall–Kier alpha value is -1.10. The average molecular weight is 216 g/mol. The van der Waals surface area contributed by atoms with Crippen LogP contribution in [0.5, 0.6) is 0 Å². The van der Waals surface area contributed by atoms with E-state index in [9.17, 15) is 8.60 Å². The molecule has 1 aromatic rings. The lowest BCUT2D eigenvalue weighted by Gasteiger charge is -2.10. The van der Waals surface area contributed by atoms with Crippen molar-refractivity contribution in [3.63, 3.8) is 0 Å². The van der Waals surface area contributed by atoms with Crippen molar-refractivity contribution in [2.45, 2.75) is 13.8 Å². The molecule has 0 bridgehead atoms. The molecule has 2 N–H and O–H groups in total. The normalized spacial score (nSPS) is 14.8. The van der Waals surface area contributed by atoms with Gasteiger partial charge in [0.05, 0.1) is 5.69 Å². The molecule has 14 heavy (non-hydrogen) atoms. The van der Waals surface area contributed by atoms with E-state index in [1.54, 1.807) is 19.9 Å². The highest BCUT2D eigenvalue weighted by Gasteiger charge is 2.05. The zero-order chi connectivity index (χ0) is 10.8. The molecule has 0 aliphatic carbocycles. The lowest BCUT2D eigenvalue weighted by molar-refractivity contribution is 0.628. The Morgan fingerprint density at radius 1 is 1.57 bits per heavy atom. The minimum atomic E-state index is -2.83. The van der Waals surface area contributed by atoms with Crippen LogP contribution in [0.15, 0.2) is 18.2 Å². The minimum absolute atomic E-state index is 0.197. The summed E-state index contributed by atoms with van der Waals surface area (Å²) < 4.78 is 34.2. The van der Waals surface area contributed by atoms with Crippen LogP contribution in [0.3, 0.4) is 0 Å². The van der Waals surface area contributed by atoms with E-state index >= 15 is 0 Å². The Morgan fingerprint density at radius 2 is 2.21 bits per heavy atom. The van der Waals surface area contributed by atoms with Crippen LogP contribution in [-0.2, 0) is 9.92 Å². The Bertz CT molecular complexity index is 428. The van der Waals surface area contributed by atoms with Crippen molar-refractivity contribution in [2.75, 3.05) is 10.5 Å². The first-order valence-corrected chi connectivity index (χ1v) is 5.97. The van der Waals surface area contributed by atoms with Crippen LogP contribution < -0.4 is 4.72 Å². The number of benzene rings is 1. The van der Waals surface area contributed by atoms with Gasteiger partial charge >= 0.3 is 0 Å². The fourth-order valence-electron chi connectivity index (χ4n) is 0.954. The van der Waals surface area contributed by atoms with Crippen LogP contribution in [0.1, 0.15) is 12.5 Å². The van der Waals surface area contributed by atoms with Gasteiger partial charge in [-0.15, -0.1) is 0 Å². The molecule has 1 unspecified atom stereocenters. The van der Waals surface area contributed by atoms with Crippen molar-refractivity contribution >= 4 is 15.6 Å². The number of halogens is 1. The quantitative estimate of drug-likeness (QED) is 0.801. The number of hydrogen-bond acceptors (Lipinski definition) is 2. The molecule has 0 radical (unpaired) electrons. The van der Waals surface area contributed by atoms with Crippen molar-refractivity contribution in [3.05, 3.63) is 29.6 Å². The van der Waals surface area contributed by atoms with E-state index in [2.05, 4.69) is 4.72 Å². The van der Waals surface area contributed by atoms with Gasteiger partial charge in [0.2, 0.25) is 0 Å². The largest absolute Gasteiger partial charge is 0.299 e. The van der Waals surface area contributed by atoms with E-state index < -0.39 is 15.7 Å². The summed E-state index contributed by atoms with van der Waals surface area (Å²) in [6.07, 6.45) is 0. The smallest absolute Gasteiger partial charge is 0.126 e. The van der Waals surface area contributed by atoms with E-state index in [1.807, 2.05) is 0 Å². The van der Waals surface area contributed by atoms with E-state index in [0.29, 0.717) is 5.69 Å². The third kappa shape index (κ3) is 2.70. The van der Waals surface area contributed by atoms with Crippen molar-refractivity contribution in [1.82, 2.24) is 0 Å². The summed E-state index contributed by atoms with van der Waals surface area (Å²) >= 11 is 0. The van der Waals surface area contributed by atoms with Crippen LogP contribution in [0.2, 0.25) is 0 Å². The van der Waals surface area contributed by atoms with Crippen LogP contribution in [-0.4, -0.2) is 9.96 Å². The summed E-state index contributed by atoms with van der Waals surface area (Å²) in [4.78, 5) is 0. The standard InChI is InChI=1S/C9H13FN2OS/c1-3-14(11,13)12-9-6-8(10)5-4-7(9)2/h4-6H,3H2,1-2H3,(H2,11,12,13). The van der Waals surface area contributed by atoms with Gasteiger partial charge in [-0.2, -0.15) is 0 Å². The van der Waals surface area contributed by atoms with Gasteiger partial charge in [-0.25, -0.2) is 13.4 Å². The monoisotopic (exact) mass is 216 g/mol. The summed E-state index contributed by atoms with van der Waals surface area (Å²) in [5, 5.41) is 0. The molecule has 0 spiro atoms. The summed E-state index contributed by atoms with van der Waals surface area (Å²) in [6, 6.07) is 4.17. The molecule has 0 aliphatic heterocycles. The first-order chi connectivity index (χ1) is 6.44. The highest BCUT2D eigenvalue weighted by molar-refractivity contribution is 7.93. The van der Waals surface area contributed by atoms with Gasteiger partial charge in [-0.3, -0.25) is 4.72 Å². The molecule has 0 aliphatic rings. The van der Waals surface area contributed by atoms with Crippen molar-refractivity contribution in [3.8, 4) is 0 Å². The van der Waals surface area contributed by atoms with Crippen LogP contribution in [0.25, 0.3) is 0 Å². The molecule has 1 aromatic carbocycles. The van der Waals surface area contributed by atoms with Gasteiger partial charge in [0, 0.05) is 5.75 Å². The molecular formula is C9H13FN2OS. The first-order valence-electron chi connectivity index (χ1n) is 4.25. The Balaban J connectivity index is 3.03. The summed E-state index contributed by atoms with van der Waals surface area (Å²) in [5.74, 6) is -0.201. The van der Waals surface area contributed by atoms with E-state index in [4.69, 9.17) is 4.78 Å². The Morgan fingerprint density at radius 3 is 2.79 bits per heavy atom. The molecule has 1 atom stereocenters. The van der Waals surface area contributed by atoms with Gasteiger partial charge in [-0.05, 0) is 24.6 Å². The van der Waals surface area contributed by atoms with E-state index in [-0.39, 0.29) is 5.75 Å². The second-order valence-electron chi connectivity index (χ2n) is 3.03. The van der Waals surface area contributed by atoms with Crippen LogP contribution >= 0.6 is 0 Å². The van der Waals surface area contributed by atoms with Gasteiger partial charge in [0.25, 0.3) is 0 Å². The number of aryl methyl sites for hydroxylation is 1. The second kappa shape index (κ2) is 3.96. The number of anilines is 1. The van der Waals surface area contributed by atoms with Gasteiger partial charge < -0.3 is 0 Å². The van der Waals surface area contributed by atoms with Gasteiger partial charge in [-0.1, -0.05) is 13.0 Å². The maximum atomic E-state index is 12.8. The fourth-order valence-corrected chi connectivity index (χ4v) is 1.67.